The van der Waals surface area contributed by atoms with E-state index in [2.05, 4.69) is 19.9 Å². The zero-order chi connectivity index (χ0) is 17.2. The average molecular weight is 328 g/mol. The van der Waals surface area contributed by atoms with Gasteiger partial charge in [-0.1, -0.05) is 18.2 Å². The minimum Gasteiger partial charge on any atom is -0.436 e. The molecule has 0 fully saturated rings. The molecule has 4 rings (SSSR count). The number of aryl methyl sites for hydroxylation is 2. The largest absolute Gasteiger partial charge is 0.436 e. The number of pyridine rings is 2. The molecule has 0 spiro atoms. The summed E-state index contributed by atoms with van der Waals surface area (Å²) in [5, 5.41) is 0.857. The third kappa shape index (κ3) is 2.92. The van der Waals surface area contributed by atoms with E-state index in [4.69, 9.17) is 4.74 Å². The van der Waals surface area contributed by atoms with E-state index in [0.717, 1.165) is 27.9 Å². The highest BCUT2D eigenvalue weighted by Crippen LogP contribution is 2.33. The molecule has 1 aromatic carbocycles. The van der Waals surface area contributed by atoms with Crippen LogP contribution in [0.2, 0.25) is 0 Å². The third-order valence-electron chi connectivity index (χ3n) is 4.05. The highest BCUT2D eigenvalue weighted by molar-refractivity contribution is 5.83. The van der Waals surface area contributed by atoms with E-state index in [0.29, 0.717) is 17.3 Å². The second-order valence-corrected chi connectivity index (χ2v) is 5.75. The number of hydrogen-bond acceptors (Lipinski definition) is 5. The Kier molecular flexibility index (Phi) is 3.82. The number of aromatic nitrogens is 4. The first-order valence-electron chi connectivity index (χ1n) is 7.99. The summed E-state index contributed by atoms with van der Waals surface area (Å²) in [4.78, 5) is 17.7. The number of hydrogen-bond donors (Lipinski definition) is 0. The quantitative estimate of drug-likeness (QED) is 0.554. The molecule has 122 valence electrons. The molecule has 0 atom stereocenters. The van der Waals surface area contributed by atoms with E-state index < -0.39 is 0 Å². The van der Waals surface area contributed by atoms with Gasteiger partial charge >= 0.3 is 0 Å². The molecule has 0 saturated heterocycles. The molecule has 25 heavy (non-hydrogen) atoms. The lowest BCUT2D eigenvalue weighted by Gasteiger charge is -2.13. The van der Waals surface area contributed by atoms with E-state index >= 15 is 0 Å². The first kappa shape index (κ1) is 15.2. The van der Waals surface area contributed by atoms with Gasteiger partial charge in [-0.3, -0.25) is 4.98 Å². The minimum atomic E-state index is 0.507. The maximum atomic E-state index is 6.16. The van der Waals surface area contributed by atoms with Crippen molar-refractivity contribution in [2.75, 3.05) is 0 Å². The van der Waals surface area contributed by atoms with Crippen LogP contribution in [0.15, 0.2) is 61.1 Å². The Hall–Kier alpha value is -3.34. The summed E-state index contributed by atoms with van der Waals surface area (Å²) < 4.78 is 6.16. The molecule has 0 aliphatic heterocycles. The van der Waals surface area contributed by atoms with Crippen LogP contribution in [-0.4, -0.2) is 19.9 Å². The number of fused-ring (bicyclic) bond motifs is 1. The summed E-state index contributed by atoms with van der Waals surface area (Å²) in [5.41, 5.74) is 4.29. The molecule has 0 N–H and O–H groups in total. The Morgan fingerprint density at radius 1 is 0.880 bits per heavy atom. The van der Waals surface area contributed by atoms with Crippen molar-refractivity contribution in [1.29, 1.82) is 0 Å². The van der Waals surface area contributed by atoms with Crippen molar-refractivity contribution in [1.82, 2.24) is 19.9 Å². The molecule has 3 aromatic heterocycles. The molecule has 5 nitrogen and oxygen atoms in total. The van der Waals surface area contributed by atoms with Crippen LogP contribution in [0.25, 0.3) is 22.3 Å². The molecule has 0 saturated carbocycles. The van der Waals surface area contributed by atoms with E-state index in [9.17, 15) is 0 Å². The van der Waals surface area contributed by atoms with Crippen molar-refractivity contribution in [2.24, 2.45) is 0 Å². The van der Waals surface area contributed by atoms with Gasteiger partial charge in [0.25, 0.3) is 0 Å². The van der Waals surface area contributed by atoms with Crippen LogP contribution >= 0.6 is 0 Å². The maximum Gasteiger partial charge on any atom is 0.230 e. The lowest BCUT2D eigenvalue weighted by molar-refractivity contribution is 0.467. The molecule has 3 heterocycles. The standard InChI is InChI=1S/C20H16N4O/c1-13-11-18(19(24-14(13)2)17-9-5-6-10-21-17)25-20-15-7-3-4-8-16(15)22-12-23-20/h3-12H,1-2H3. The number of para-hydroxylation sites is 1. The monoisotopic (exact) mass is 328 g/mol. The zero-order valence-corrected chi connectivity index (χ0v) is 14.0. The van der Waals surface area contributed by atoms with Crippen molar-refractivity contribution < 1.29 is 4.74 Å². The fourth-order valence-electron chi connectivity index (χ4n) is 2.61. The van der Waals surface area contributed by atoms with Crippen LogP contribution in [0.4, 0.5) is 0 Å². The fraction of sp³-hybridized carbons (Fsp3) is 0.100. The molecule has 0 aliphatic rings. The summed E-state index contributed by atoms with van der Waals surface area (Å²) in [6.07, 6.45) is 3.25. The van der Waals surface area contributed by atoms with Crippen molar-refractivity contribution >= 4 is 10.9 Å². The Bertz CT molecular complexity index is 1040. The zero-order valence-electron chi connectivity index (χ0n) is 14.0. The second kappa shape index (κ2) is 6.28. The van der Waals surface area contributed by atoms with Crippen LogP contribution in [0.3, 0.4) is 0 Å². The average Bonchev–Trinajstić information content (AvgIpc) is 2.65. The topological polar surface area (TPSA) is 60.8 Å². The molecular formula is C20H16N4O. The fourth-order valence-corrected chi connectivity index (χ4v) is 2.61. The smallest absolute Gasteiger partial charge is 0.230 e. The summed E-state index contributed by atoms with van der Waals surface area (Å²) in [7, 11) is 0. The normalized spacial score (nSPS) is 10.8. The minimum absolute atomic E-state index is 0.507. The predicted molar refractivity (Wildman–Crippen MR) is 96.6 cm³/mol. The molecule has 0 amide bonds. The van der Waals surface area contributed by atoms with Crippen LogP contribution in [-0.2, 0) is 0 Å². The van der Waals surface area contributed by atoms with Crippen molar-refractivity contribution in [3.8, 4) is 23.0 Å². The van der Waals surface area contributed by atoms with E-state index in [-0.39, 0.29) is 0 Å². The van der Waals surface area contributed by atoms with Crippen LogP contribution in [0.5, 0.6) is 11.6 Å². The highest BCUT2D eigenvalue weighted by atomic mass is 16.5. The Balaban J connectivity index is 1.86. The molecule has 0 radical (unpaired) electrons. The predicted octanol–water partition coefficient (Wildman–Crippen LogP) is 4.50. The highest BCUT2D eigenvalue weighted by Gasteiger charge is 2.15. The number of rotatable bonds is 3. The van der Waals surface area contributed by atoms with Crippen LogP contribution < -0.4 is 4.74 Å². The van der Waals surface area contributed by atoms with Gasteiger partial charge in [0.05, 0.1) is 16.6 Å². The SMILES string of the molecule is Cc1cc(Oc2ncnc3ccccc23)c(-c2ccccn2)nc1C. The molecule has 0 unspecified atom stereocenters. The lowest BCUT2D eigenvalue weighted by Crippen LogP contribution is -1.99. The van der Waals surface area contributed by atoms with Gasteiger partial charge in [0, 0.05) is 11.9 Å². The molecule has 0 bridgehead atoms. The molecular weight excluding hydrogens is 312 g/mol. The van der Waals surface area contributed by atoms with Gasteiger partial charge in [0.15, 0.2) is 5.75 Å². The van der Waals surface area contributed by atoms with Gasteiger partial charge in [0.1, 0.15) is 12.0 Å². The van der Waals surface area contributed by atoms with Gasteiger partial charge in [-0.2, -0.15) is 0 Å². The Morgan fingerprint density at radius 3 is 2.56 bits per heavy atom. The van der Waals surface area contributed by atoms with E-state index in [1.165, 1.54) is 6.33 Å². The maximum absolute atomic E-state index is 6.16. The van der Waals surface area contributed by atoms with Gasteiger partial charge in [0.2, 0.25) is 5.88 Å². The van der Waals surface area contributed by atoms with Gasteiger partial charge in [-0.25, -0.2) is 15.0 Å². The van der Waals surface area contributed by atoms with Crippen LogP contribution in [0, 0.1) is 13.8 Å². The summed E-state index contributed by atoms with van der Waals surface area (Å²) in [6.45, 7) is 3.99. The first-order chi connectivity index (χ1) is 12.2. The number of nitrogens with zero attached hydrogens (tertiary/aromatic N) is 4. The third-order valence-corrected chi connectivity index (χ3v) is 4.05. The first-order valence-corrected chi connectivity index (χ1v) is 7.99. The van der Waals surface area contributed by atoms with Gasteiger partial charge in [-0.05, 0) is 49.7 Å². The molecule has 0 aliphatic carbocycles. The van der Waals surface area contributed by atoms with Gasteiger partial charge < -0.3 is 4.74 Å². The van der Waals surface area contributed by atoms with Crippen molar-refractivity contribution in [2.45, 2.75) is 13.8 Å². The van der Waals surface area contributed by atoms with Gasteiger partial charge in [-0.15, -0.1) is 0 Å². The number of benzene rings is 1. The summed E-state index contributed by atoms with van der Waals surface area (Å²) in [6, 6.07) is 15.5. The lowest BCUT2D eigenvalue weighted by atomic mass is 10.1. The Labute approximate surface area is 145 Å². The summed E-state index contributed by atoms with van der Waals surface area (Å²) >= 11 is 0. The van der Waals surface area contributed by atoms with Crippen molar-refractivity contribution in [3.63, 3.8) is 0 Å². The van der Waals surface area contributed by atoms with Crippen LogP contribution in [0.1, 0.15) is 11.3 Å². The molecule has 5 heteroatoms. The Morgan fingerprint density at radius 2 is 1.72 bits per heavy atom. The van der Waals surface area contributed by atoms with E-state index in [1.807, 2.05) is 62.4 Å². The van der Waals surface area contributed by atoms with Crippen molar-refractivity contribution in [3.05, 3.63) is 72.3 Å². The van der Waals surface area contributed by atoms with E-state index in [1.54, 1.807) is 6.20 Å². The molecule has 4 aromatic rings. The number of ether oxygens (including phenoxy) is 1. The summed E-state index contributed by atoms with van der Waals surface area (Å²) in [5.74, 6) is 1.14. The second-order valence-electron chi connectivity index (χ2n) is 5.75.